The molecule has 1 aromatic heterocycles. The Morgan fingerprint density at radius 2 is 2.29 bits per heavy atom. The summed E-state index contributed by atoms with van der Waals surface area (Å²) in [7, 11) is 0. The lowest BCUT2D eigenvalue weighted by molar-refractivity contribution is 0.135. The normalized spacial score (nSPS) is 10.9. The lowest BCUT2D eigenvalue weighted by Crippen LogP contribution is -1.92. The Hall–Kier alpha value is -1.48. The van der Waals surface area contributed by atoms with Gasteiger partial charge >= 0.3 is 0 Å². The van der Waals surface area contributed by atoms with Gasteiger partial charge in [0.1, 0.15) is 0 Å². The third kappa shape index (κ3) is 1.46. The second kappa shape index (κ2) is 3.72. The molecule has 74 valence electrons. The molecule has 2 rings (SSSR count). The summed E-state index contributed by atoms with van der Waals surface area (Å²) in [6.45, 7) is 3.32. The van der Waals surface area contributed by atoms with Crippen LogP contribution in [0, 0.1) is 0 Å². The summed E-state index contributed by atoms with van der Waals surface area (Å²) in [5.74, 6) is 0. The van der Waals surface area contributed by atoms with Crippen molar-refractivity contribution in [1.82, 2.24) is 4.98 Å². The largest absolute Gasteiger partial charge is 0.398 e. The van der Waals surface area contributed by atoms with E-state index in [0.717, 1.165) is 28.8 Å². The summed E-state index contributed by atoms with van der Waals surface area (Å²) in [6.07, 6.45) is 1.96. The van der Waals surface area contributed by atoms with E-state index in [-0.39, 0.29) is 0 Å². The van der Waals surface area contributed by atoms with E-state index in [1.807, 2.05) is 31.3 Å². The maximum atomic E-state index is 5.90. The maximum absolute atomic E-state index is 5.90. The number of anilines is 1. The fourth-order valence-electron chi connectivity index (χ4n) is 1.61. The van der Waals surface area contributed by atoms with E-state index >= 15 is 0 Å². The van der Waals surface area contributed by atoms with Gasteiger partial charge < -0.3 is 15.5 Å². The number of fused-ring (bicyclic) bond motifs is 1. The maximum Gasteiger partial charge on any atom is 0.0738 e. The number of nitrogens with two attached hydrogens (primary N) is 1. The lowest BCUT2D eigenvalue weighted by atomic mass is 10.1. The molecular weight excluding hydrogens is 176 g/mol. The average Bonchev–Trinajstić information content (AvgIpc) is 2.59. The van der Waals surface area contributed by atoms with Crippen molar-refractivity contribution < 1.29 is 4.74 Å². The van der Waals surface area contributed by atoms with Gasteiger partial charge in [0.2, 0.25) is 0 Å². The Morgan fingerprint density at radius 1 is 1.43 bits per heavy atom. The van der Waals surface area contributed by atoms with E-state index in [0.29, 0.717) is 6.61 Å². The Bertz CT molecular complexity index is 434. The van der Waals surface area contributed by atoms with Crippen LogP contribution in [0.2, 0.25) is 0 Å². The molecule has 0 bridgehead atoms. The Balaban J connectivity index is 2.45. The quantitative estimate of drug-likeness (QED) is 0.729. The molecule has 0 unspecified atom stereocenters. The fourth-order valence-corrected chi connectivity index (χ4v) is 1.61. The van der Waals surface area contributed by atoms with Gasteiger partial charge in [0, 0.05) is 35.0 Å². The highest BCUT2D eigenvalue weighted by atomic mass is 16.5. The van der Waals surface area contributed by atoms with Crippen LogP contribution in [-0.4, -0.2) is 11.6 Å². The zero-order valence-corrected chi connectivity index (χ0v) is 8.21. The molecule has 0 aliphatic heterocycles. The first-order valence-corrected chi connectivity index (χ1v) is 4.75. The van der Waals surface area contributed by atoms with E-state index in [4.69, 9.17) is 10.5 Å². The van der Waals surface area contributed by atoms with Crippen LogP contribution < -0.4 is 5.73 Å². The van der Waals surface area contributed by atoms with Crippen LogP contribution in [0.3, 0.4) is 0 Å². The van der Waals surface area contributed by atoms with Gasteiger partial charge in [0.15, 0.2) is 0 Å². The SMILES string of the molecule is CCOCc1c[nH]c2cccc(N)c12. The molecular formula is C11H14N2O. The monoisotopic (exact) mass is 190 g/mol. The average molecular weight is 190 g/mol. The number of hydrogen-bond acceptors (Lipinski definition) is 2. The highest BCUT2D eigenvalue weighted by molar-refractivity contribution is 5.93. The summed E-state index contributed by atoms with van der Waals surface area (Å²) in [4.78, 5) is 3.18. The van der Waals surface area contributed by atoms with Gasteiger partial charge in [-0.25, -0.2) is 0 Å². The summed E-state index contributed by atoms with van der Waals surface area (Å²) in [5, 5.41) is 1.08. The number of rotatable bonds is 3. The van der Waals surface area contributed by atoms with Crippen molar-refractivity contribution in [3.05, 3.63) is 30.0 Å². The Labute approximate surface area is 82.9 Å². The summed E-state index contributed by atoms with van der Waals surface area (Å²) in [6, 6.07) is 5.87. The zero-order chi connectivity index (χ0) is 9.97. The smallest absolute Gasteiger partial charge is 0.0738 e. The van der Waals surface area contributed by atoms with Gasteiger partial charge in [-0.1, -0.05) is 6.07 Å². The predicted octanol–water partition coefficient (Wildman–Crippen LogP) is 2.29. The van der Waals surface area contributed by atoms with Crippen LogP contribution >= 0.6 is 0 Å². The van der Waals surface area contributed by atoms with Crippen molar-refractivity contribution in [2.75, 3.05) is 12.3 Å². The van der Waals surface area contributed by atoms with Crippen LogP contribution in [0.4, 0.5) is 5.69 Å². The molecule has 0 fully saturated rings. The zero-order valence-electron chi connectivity index (χ0n) is 8.21. The number of H-pyrrole nitrogens is 1. The number of hydrogen-bond donors (Lipinski definition) is 2. The van der Waals surface area contributed by atoms with Crippen LogP contribution in [-0.2, 0) is 11.3 Å². The third-order valence-electron chi connectivity index (χ3n) is 2.28. The molecule has 0 spiro atoms. The minimum atomic E-state index is 0.616. The second-order valence-corrected chi connectivity index (χ2v) is 3.22. The van der Waals surface area contributed by atoms with Crippen LogP contribution in [0.25, 0.3) is 10.9 Å². The van der Waals surface area contributed by atoms with Gasteiger partial charge in [-0.05, 0) is 19.1 Å². The minimum absolute atomic E-state index is 0.616. The molecule has 3 heteroatoms. The van der Waals surface area contributed by atoms with E-state index in [1.54, 1.807) is 0 Å². The van der Waals surface area contributed by atoms with Crippen molar-refractivity contribution in [3.63, 3.8) is 0 Å². The topological polar surface area (TPSA) is 51.0 Å². The van der Waals surface area contributed by atoms with E-state index < -0.39 is 0 Å². The Morgan fingerprint density at radius 3 is 3.07 bits per heavy atom. The van der Waals surface area contributed by atoms with E-state index in [2.05, 4.69) is 4.98 Å². The van der Waals surface area contributed by atoms with Gasteiger partial charge in [-0.3, -0.25) is 0 Å². The number of aromatic amines is 1. The highest BCUT2D eigenvalue weighted by Gasteiger charge is 2.05. The molecule has 0 aliphatic carbocycles. The lowest BCUT2D eigenvalue weighted by Gasteiger charge is -2.01. The number of benzene rings is 1. The van der Waals surface area contributed by atoms with Crippen molar-refractivity contribution in [2.45, 2.75) is 13.5 Å². The molecule has 14 heavy (non-hydrogen) atoms. The third-order valence-corrected chi connectivity index (χ3v) is 2.28. The van der Waals surface area contributed by atoms with Crippen molar-refractivity contribution >= 4 is 16.6 Å². The summed E-state index contributed by atoms with van der Waals surface area (Å²) < 4.78 is 5.37. The molecule has 0 saturated carbocycles. The van der Waals surface area contributed by atoms with Crippen LogP contribution in [0.15, 0.2) is 24.4 Å². The summed E-state index contributed by atoms with van der Waals surface area (Å²) in [5.41, 5.74) is 8.90. The highest BCUT2D eigenvalue weighted by Crippen LogP contribution is 2.24. The van der Waals surface area contributed by atoms with Crippen molar-refractivity contribution in [1.29, 1.82) is 0 Å². The predicted molar refractivity (Wildman–Crippen MR) is 58.0 cm³/mol. The van der Waals surface area contributed by atoms with E-state index in [1.165, 1.54) is 0 Å². The molecule has 0 saturated heterocycles. The summed E-state index contributed by atoms with van der Waals surface area (Å²) >= 11 is 0. The molecule has 1 heterocycles. The number of nitrogens with one attached hydrogen (secondary N) is 1. The van der Waals surface area contributed by atoms with E-state index in [9.17, 15) is 0 Å². The van der Waals surface area contributed by atoms with Gasteiger partial charge in [-0.2, -0.15) is 0 Å². The first kappa shape index (κ1) is 9.09. The Kier molecular flexibility index (Phi) is 2.41. The molecule has 0 aliphatic rings. The molecule has 2 aromatic rings. The molecule has 3 nitrogen and oxygen atoms in total. The van der Waals surface area contributed by atoms with Gasteiger partial charge in [-0.15, -0.1) is 0 Å². The standard InChI is InChI=1S/C11H14N2O/c1-2-14-7-8-6-13-10-5-3-4-9(12)11(8)10/h3-6,13H,2,7,12H2,1H3. The van der Waals surface area contributed by atoms with Gasteiger partial charge in [0.05, 0.1) is 6.61 Å². The molecule has 0 amide bonds. The number of nitrogen functional groups attached to an aromatic ring is 1. The fraction of sp³-hybridized carbons (Fsp3) is 0.273. The van der Waals surface area contributed by atoms with Gasteiger partial charge in [0.25, 0.3) is 0 Å². The number of ether oxygens (including phenoxy) is 1. The number of aromatic nitrogens is 1. The molecule has 0 atom stereocenters. The van der Waals surface area contributed by atoms with Crippen molar-refractivity contribution in [3.8, 4) is 0 Å². The van der Waals surface area contributed by atoms with Crippen molar-refractivity contribution in [2.24, 2.45) is 0 Å². The second-order valence-electron chi connectivity index (χ2n) is 3.22. The first-order chi connectivity index (χ1) is 6.83. The molecule has 3 N–H and O–H groups in total. The minimum Gasteiger partial charge on any atom is -0.398 e. The van der Waals surface area contributed by atoms with Crippen LogP contribution in [0.5, 0.6) is 0 Å². The molecule has 1 aromatic carbocycles. The first-order valence-electron chi connectivity index (χ1n) is 4.75. The van der Waals surface area contributed by atoms with Crippen LogP contribution in [0.1, 0.15) is 12.5 Å². The molecule has 0 radical (unpaired) electrons.